The number of amides is 4. The maximum atomic E-state index is 13.7. The molecule has 0 unspecified atom stereocenters. The molecule has 2 aromatic carbocycles. The summed E-state index contributed by atoms with van der Waals surface area (Å²) in [4.78, 5) is 53.4. The van der Waals surface area contributed by atoms with Crippen LogP contribution in [0.15, 0.2) is 42.5 Å². The monoisotopic (exact) mass is 482 g/mol. The van der Waals surface area contributed by atoms with E-state index in [1.165, 1.54) is 4.90 Å². The largest absolute Gasteiger partial charge is 0.497 e. The van der Waals surface area contributed by atoms with Crippen LogP contribution >= 0.6 is 11.6 Å². The van der Waals surface area contributed by atoms with Crippen LogP contribution in [0.3, 0.4) is 0 Å². The first-order chi connectivity index (χ1) is 16.3. The van der Waals surface area contributed by atoms with Crippen molar-refractivity contribution in [1.82, 2.24) is 10.2 Å². The second-order valence-corrected chi connectivity index (χ2v) is 9.20. The average Bonchev–Trinajstić information content (AvgIpc) is 3.40. The van der Waals surface area contributed by atoms with Crippen LogP contribution in [0, 0.1) is 11.8 Å². The van der Waals surface area contributed by atoms with Crippen molar-refractivity contribution in [3.63, 3.8) is 0 Å². The summed E-state index contributed by atoms with van der Waals surface area (Å²) in [7, 11) is 1.55. The lowest BCUT2D eigenvalue weighted by Crippen LogP contribution is -2.53. The number of nitrogens with zero attached hydrogens (tertiary/aromatic N) is 1. The molecule has 4 atom stereocenters. The number of hydrogen-bond donors (Lipinski definition) is 3. The minimum absolute atomic E-state index is 0.0148. The minimum Gasteiger partial charge on any atom is -0.497 e. The quantitative estimate of drug-likeness (QED) is 0.535. The predicted octanol–water partition coefficient (Wildman–Crippen LogP) is 1.53. The van der Waals surface area contributed by atoms with Crippen LogP contribution in [-0.4, -0.2) is 41.7 Å². The smallest absolute Gasteiger partial charge is 0.250 e. The number of anilines is 1. The first-order valence-corrected chi connectivity index (χ1v) is 11.3. The van der Waals surface area contributed by atoms with Gasteiger partial charge in [0.1, 0.15) is 11.3 Å². The molecular weight excluding hydrogens is 460 g/mol. The van der Waals surface area contributed by atoms with Gasteiger partial charge in [-0.1, -0.05) is 35.9 Å². The Morgan fingerprint density at radius 1 is 1.15 bits per heavy atom. The van der Waals surface area contributed by atoms with Crippen molar-refractivity contribution in [2.75, 3.05) is 12.4 Å². The molecule has 0 radical (unpaired) electrons. The number of methoxy groups -OCH3 is 1. The first kappa shape index (κ1) is 22.4. The molecule has 34 heavy (non-hydrogen) atoms. The third-order valence-corrected chi connectivity index (χ3v) is 7.31. The fraction of sp³-hybridized carbons (Fsp3) is 0.333. The zero-order valence-corrected chi connectivity index (χ0v) is 19.1. The van der Waals surface area contributed by atoms with Gasteiger partial charge >= 0.3 is 0 Å². The van der Waals surface area contributed by atoms with E-state index in [1.54, 1.807) is 49.6 Å². The number of primary amides is 1. The molecule has 0 saturated carbocycles. The van der Waals surface area contributed by atoms with E-state index in [4.69, 9.17) is 22.1 Å². The van der Waals surface area contributed by atoms with Gasteiger partial charge in [0.2, 0.25) is 23.6 Å². The Labute approximate surface area is 200 Å². The second-order valence-electron chi connectivity index (χ2n) is 8.79. The van der Waals surface area contributed by atoms with Gasteiger partial charge in [-0.25, -0.2) is 0 Å². The van der Waals surface area contributed by atoms with Crippen molar-refractivity contribution in [2.24, 2.45) is 17.6 Å². The van der Waals surface area contributed by atoms with Gasteiger partial charge in [0.05, 0.1) is 36.2 Å². The molecule has 2 saturated heterocycles. The van der Waals surface area contributed by atoms with Crippen molar-refractivity contribution in [3.8, 4) is 5.75 Å². The van der Waals surface area contributed by atoms with E-state index in [9.17, 15) is 19.2 Å². The zero-order chi connectivity index (χ0) is 24.2. The molecule has 4 amide bonds. The number of rotatable bonds is 6. The van der Waals surface area contributed by atoms with Crippen LogP contribution in [0.5, 0.6) is 5.75 Å². The number of carbonyl (C=O) groups is 4. The molecule has 3 aliphatic rings. The Bertz CT molecular complexity index is 1220. The molecule has 176 valence electrons. The van der Waals surface area contributed by atoms with E-state index in [1.807, 2.05) is 0 Å². The Hall–Kier alpha value is -3.43. The Kier molecular flexibility index (Phi) is 5.33. The zero-order valence-electron chi connectivity index (χ0n) is 18.3. The number of ether oxygens (including phenoxy) is 1. The highest BCUT2D eigenvalue weighted by atomic mass is 35.5. The van der Waals surface area contributed by atoms with Gasteiger partial charge < -0.3 is 15.8 Å². The van der Waals surface area contributed by atoms with E-state index in [0.717, 1.165) is 5.56 Å². The molecule has 2 aromatic rings. The summed E-state index contributed by atoms with van der Waals surface area (Å²) in [5, 5.41) is 6.38. The number of halogens is 1. The fourth-order valence-electron chi connectivity index (χ4n) is 5.47. The molecule has 0 aliphatic carbocycles. The molecule has 3 heterocycles. The molecule has 0 aromatic heterocycles. The second kappa shape index (κ2) is 8.11. The Balaban J connectivity index is 1.56. The number of fused-ring (bicyclic) bond motifs is 4. The van der Waals surface area contributed by atoms with Gasteiger partial charge in [0.25, 0.3) is 0 Å². The van der Waals surface area contributed by atoms with E-state index >= 15 is 0 Å². The summed E-state index contributed by atoms with van der Waals surface area (Å²) < 4.78 is 5.17. The number of nitrogens with one attached hydrogen (secondary N) is 2. The van der Waals surface area contributed by atoms with Crippen LogP contribution in [0.2, 0.25) is 5.02 Å². The van der Waals surface area contributed by atoms with Gasteiger partial charge in [-0.3, -0.25) is 29.4 Å². The normalized spacial score (nSPS) is 27.2. The summed E-state index contributed by atoms with van der Waals surface area (Å²) in [6.07, 6.45) is 0.234. The average molecular weight is 483 g/mol. The van der Waals surface area contributed by atoms with Crippen molar-refractivity contribution >= 4 is 40.9 Å². The molecular formula is C24H23ClN4O5. The van der Waals surface area contributed by atoms with E-state index in [0.29, 0.717) is 22.0 Å². The molecule has 1 spiro atoms. The summed E-state index contributed by atoms with van der Waals surface area (Å²) in [6, 6.07) is 11.5. The topological polar surface area (TPSA) is 131 Å². The van der Waals surface area contributed by atoms with Gasteiger partial charge in [0.15, 0.2) is 0 Å². The lowest BCUT2D eigenvalue weighted by Gasteiger charge is -2.29. The third kappa shape index (κ3) is 3.19. The molecule has 5 rings (SSSR count). The number of benzene rings is 2. The van der Waals surface area contributed by atoms with Crippen LogP contribution in [-0.2, 0) is 31.3 Å². The molecule has 0 bridgehead atoms. The minimum atomic E-state index is -1.46. The molecule has 4 N–H and O–H groups in total. The lowest BCUT2D eigenvalue weighted by molar-refractivity contribution is -0.143. The van der Waals surface area contributed by atoms with E-state index in [-0.39, 0.29) is 25.3 Å². The number of hydrogen-bond acceptors (Lipinski definition) is 6. The highest BCUT2D eigenvalue weighted by Gasteiger charge is 2.70. The number of carbonyl (C=O) groups excluding carboxylic acids is 4. The molecule has 2 fully saturated rings. The number of likely N-dealkylation sites (tertiary alicyclic amines) is 1. The highest BCUT2D eigenvalue weighted by Crippen LogP contribution is 2.54. The van der Waals surface area contributed by atoms with E-state index in [2.05, 4.69) is 10.6 Å². The number of para-hydroxylation sites is 1. The van der Waals surface area contributed by atoms with Crippen LogP contribution in [0.4, 0.5) is 5.69 Å². The molecule has 3 aliphatic heterocycles. The van der Waals surface area contributed by atoms with E-state index < -0.39 is 41.1 Å². The van der Waals surface area contributed by atoms with Gasteiger partial charge in [-0.2, -0.15) is 0 Å². The maximum absolute atomic E-state index is 13.7. The summed E-state index contributed by atoms with van der Waals surface area (Å²) in [6.45, 7) is 0.0668. The third-order valence-electron chi connectivity index (χ3n) is 6.99. The standard InChI is InChI=1S/C24H23ClN4O5/c1-34-13-7-5-12(6-8-13)11-29-21(31)18-16(9-10-17(26)30)28-24(19(18)22(29)32)14-3-2-4-15(25)20(14)27-23(24)33/h2-8,16,18-19,28H,9-11H2,1H3,(H2,26,30)(H,27,33)/t16-,18+,19-,24-/m0/s1. The van der Waals surface area contributed by atoms with Gasteiger partial charge in [0, 0.05) is 18.0 Å². The molecule has 9 nitrogen and oxygen atoms in total. The SMILES string of the molecule is COc1ccc(CN2C(=O)[C@@H]3[C@H](CCC(N)=O)N[C@]4(C(=O)Nc5c(Cl)cccc54)[C@@H]3C2=O)cc1. The number of nitrogens with two attached hydrogens (primary N) is 1. The summed E-state index contributed by atoms with van der Waals surface area (Å²) >= 11 is 6.33. The molecule has 10 heteroatoms. The Morgan fingerprint density at radius 2 is 1.88 bits per heavy atom. The fourth-order valence-corrected chi connectivity index (χ4v) is 5.69. The predicted molar refractivity (Wildman–Crippen MR) is 123 cm³/mol. The van der Waals surface area contributed by atoms with Crippen LogP contribution in [0.1, 0.15) is 24.0 Å². The lowest BCUT2D eigenvalue weighted by atomic mass is 9.76. The van der Waals surface area contributed by atoms with Crippen molar-refractivity contribution in [1.29, 1.82) is 0 Å². The van der Waals surface area contributed by atoms with Crippen LogP contribution < -0.4 is 21.1 Å². The maximum Gasteiger partial charge on any atom is 0.250 e. The highest BCUT2D eigenvalue weighted by molar-refractivity contribution is 6.35. The van der Waals surface area contributed by atoms with Gasteiger partial charge in [-0.05, 0) is 30.2 Å². The van der Waals surface area contributed by atoms with Gasteiger partial charge in [-0.15, -0.1) is 0 Å². The summed E-state index contributed by atoms with van der Waals surface area (Å²) in [5.74, 6) is -2.93. The van der Waals surface area contributed by atoms with Crippen molar-refractivity contribution in [2.45, 2.75) is 31.0 Å². The summed E-state index contributed by atoms with van der Waals surface area (Å²) in [5.41, 5.74) is 5.58. The van der Waals surface area contributed by atoms with Crippen molar-refractivity contribution < 1.29 is 23.9 Å². The van der Waals surface area contributed by atoms with Crippen LogP contribution in [0.25, 0.3) is 0 Å². The number of imide groups is 1. The first-order valence-electron chi connectivity index (χ1n) is 10.9. The Morgan fingerprint density at radius 3 is 2.56 bits per heavy atom. The van der Waals surface area contributed by atoms with Crippen molar-refractivity contribution in [3.05, 3.63) is 58.6 Å².